The first kappa shape index (κ1) is 15.9. The lowest BCUT2D eigenvalue weighted by Crippen LogP contribution is -2.32. The number of rotatable bonds is 2. The fourth-order valence-corrected chi connectivity index (χ4v) is 3.02. The van der Waals surface area contributed by atoms with Gasteiger partial charge in [0.15, 0.2) is 0 Å². The average Bonchev–Trinajstić information content (AvgIpc) is 2.26. The molecule has 0 saturated carbocycles. The summed E-state index contributed by atoms with van der Waals surface area (Å²) in [5.41, 5.74) is 0. The lowest BCUT2D eigenvalue weighted by atomic mass is 10.4. The van der Waals surface area contributed by atoms with Crippen molar-refractivity contribution < 1.29 is 26.6 Å². The molecule has 0 aliphatic heterocycles. The Hall–Kier alpha value is -1.15. The van der Waals surface area contributed by atoms with E-state index >= 15 is 0 Å². The summed E-state index contributed by atoms with van der Waals surface area (Å²) < 4.78 is 63.5. The highest BCUT2D eigenvalue weighted by atomic mass is 35.5. The van der Waals surface area contributed by atoms with Crippen LogP contribution in [-0.4, -0.2) is 28.7 Å². The van der Waals surface area contributed by atoms with E-state index in [0.29, 0.717) is 0 Å². The normalized spacial score (nSPS) is 16.5. The van der Waals surface area contributed by atoms with Gasteiger partial charge < -0.3 is 0 Å². The quantitative estimate of drug-likeness (QED) is 0.786. The Morgan fingerprint density at radius 2 is 1.89 bits per heavy atom. The molecule has 19 heavy (non-hydrogen) atoms. The number of carbonyl (C=O) groups excluding carboxylic acids is 1. The predicted octanol–water partition coefficient (Wildman–Crippen LogP) is 3.22. The van der Waals surface area contributed by atoms with E-state index in [4.69, 9.17) is 11.6 Å². The lowest BCUT2D eigenvalue weighted by Gasteiger charge is -2.10. The molecule has 0 N–H and O–H groups in total. The average molecular weight is 318 g/mol. The third-order valence-electron chi connectivity index (χ3n) is 2.01. The molecular weight excluding hydrogens is 310 g/mol. The minimum absolute atomic E-state index is 0.0334. The molecule has 2 atom stereocenters. The van der Waals surface area contributed by atoms with Gasteiger partial charge in [-0.15, -0.1) is 0 Å². The number of nitrogens with zero attached hydrogens (tertiary/aromatic N) is 1. The summed E-state index contributed by atoms with van der Waals surface area (Å²) in [7, 11) is -3.54. The van der Waals surface area contributed by atoms with Crippen molar-refractivity contribution in [2.45, 2.75) is 17.2 Å². The van der Waals surface area contributed by atoms with Crippen LogP contribution in [0.4, 0.5) is 17.6 Å². The molecule has 1 amide bonds. The van der Waals surface area contributed by atoms with Crippen LogP contribution in [0.1, 0.15) is 0 Å². The van der Waals surface area contributed by atoms with E-state index in [-0.39, 0.29) is 9.92 Å². The number of carbonyl (C=O) groups is 1. The molecule has 1 rings (SSSR count). The first-order valence-corrected chi connectivity index (χ1v) is 7.07. The molecule has 0 fully saturated rings. The maximum absolute atomic E-state index is 12.7. The molecule has 2 unspecified atom stereocenters. The minimum atomic E-state index is -5.38. The zero-order valence-corrected chi connectivity index (χ0v) is 11.0. The number of hydrogen-bond acceptors (Lipinski definition) is 2. The summed E-state index contributed by atoms with van der Waals surface area (Å²) in [6.07, 6.45) is -8.26. The Kier molecular flexibility index (Phi) is 4.57. The van der Waals surface area contributed by atoms with Crippen molar-refractivity contribution in [2.24, 2.45) is 4.36 Å². The van der Waals surface area contributed by atoms with Crippen molar-refractivity contribution in [2.75, 3.05) is 6.26 Å². The van der Waals surface area contributed by atoms with E-state index in [1.807, 2.05) is 0 Å². The van der Waals surface area contributed by atoms with Crippen LogP contribution < -0.4 is 0 Å². The smallest absolute Gasteiger partial charge is 0.268 e. The first-order chi connectivity index (χ1) is 8.55. The highest BCUT2D eigenvalue weighted by Crippen LogP contribution is 2.26. The Morgan fingerprint density at radius 3 is 2.37 bits per heavy atom. The maximum atomic E-state index is 12.7. The molecular formula is C10H8ClF4NO2S. The van der Waals surface area contributed by atoms with Gasteiger partial charge in [0.05, 0.1) is 19.6 Å². The molecule has 106 valence electrons. The summed E-state index contributed by atoms with van der Waals surface area (Å²) in [5, 5.41) is -0.0334. The summed E-state index contributed by atoms with van der Waals surface area (Å²) in [6, 6.07) is 5.48. The van der Waals surface area contributed by atoms with Crippen molar-refractivity contribution in [3.63, 3.8) is 0 Å². The lowest BCUT2D eigenvalue weighted by molar-refractivity contribution is -0.184. The molecule has 1 aromatic carbocycles. The van der Waals surface area contributed by atoms with Gasteiger partial charge in [0.25, 0.3) is 12.1 Å². The van der Waals surface area contributed by atoms with E-state index in [0.717, 1.165) is 6.26 Å². The van der Waals surface area contributed by atoms with E-state index in [2.05, 4.69) is 4.36 Å². The summed E-state index contributed by atoms with van der Waals surface area (Å²) in [4.78, 5) is 10.9. The van der Waals surface area contributed by atoms with Crippen molar-refractivity contribution in [1.29, 1.82) is 0 Å². The topological polar surface area (TPSA) is 46.5 Å². The molecule has 0 aromatic heterocycles. The van der Waals surface area contributed by atoms with E-state index < -0.39 is 28.0 Å². The van der Waals surface area contributed by atoms with Crippen LogP contribution in [0, 0.1) is 0 Å². The second-order valence-corrected chi connectivity index (χ2v) is 6.20. The van der Waals surface area contributed by atoms with Crippen molar-refractivity contribution in [3.8, 4) is 0 Å². The highest BCUT2D eigenvalue weighted by Gasteiger charge is 2.46. The van der Waals surface area contributed by atoms with Crippen LogP contribution in [-0.2, 0) is 14.5 Å². The summed E-state index contributed by atoms with van der Waals surface area (Å²) >= 11 is 5.70. The molecule has 0 aliphatic rings. The largest absolute Gasteiger partial charge is 0.428 e. The molecule has 0 aliphatic carbocycles. The Balaban J connectivity index is 3.22. The van der Waals surface area contributed by atoms with Crippen LogP contribution in [0.2, 0.25) is 5.02 Å². The summed E-state index contributed by atoms with van der Waals surface area (Å²) in [6.45, 7) is 0. The molecule has 0 radical (unpaired) electrons. The monoisotopic (exact) mass is 317 g/mol. The Labute approximate surface area is 111 Å². The third kappa shape index (κ3) is 3.90. The van der Waals surface area contributed by atoms with Gasteiger partial charge in [0.1, 0.15) is 0 Å². The van der Waals surface area contributed by atoms with Gasteiger partial charge in [-0.3, -0.25) is 4.79 Å². The second-order valence-electron chi connectivity index (χ2n) is 3.57. The number of benzene rings is 1. The number of amides is 1. The molecule has 9 heteroatoms. The minimum Gasteiger partial charge on any atom is -0.268 e. The standard InChI is InChI=1S/C10H8ClF4NO2S/c1-19(18,7-5-3-2-4-6(7)11)16-9(17)8(12)10(13,14)15/h2-5,8H,1H3. The number of halogens is 5. The molecule has 1 aromatic rings. The van der Waals surface area contributed by atoms with Crippen LogP contribution in [0.15, 0.2) is 33.5 Å². The van der Waals surface area contributed by atoms with Crippen LogP contribution in [0.5, 0.6) is 0 Å². The van der Waals surface area contributed by atoms with Crippen LogP contribution >= 0.6 is 11.6 Å². The van der Waals surface area contributed by atoms with Crippen molar-refractivity contribution >= 4 is 27.2 Å². The first-order valence-electron chi connectivity index (χ1n) is 4.77. The zero-order chi connectivity index (χ0) is 14.8. The van der Waals surface area contributed by atoms with E-state index in [1.54, 1.807) is 0 Å². The van der Waals surface area contributed by atoms with Crippen LogP contribution in [0.3, 0.4) is 0 Å². The van der Waals surface area contributed by atoms with Crippen molar-refractivity contribution in [3.05, 3.63) is 29.3 Å². The van der Waals surface area contributed by atoms with Gasteiger partial charge >= 0.3 is 6.18 Å². The van der Waals surface area contributed by atoms with Gasteiger partial charge in [0, 0.05) is 6.26 Å². The number of alkyl halides is 4. The van der Waals surface area contributed by atoms with Gasteiger partial charge in [0.2, 0.25) is 0 Å². The summed E-state index contributed by atoms with van der Waals surface area (Å²) in [5.74, 6) is -2.14. The third-order valence-corrected chi connectivity index (χ3v) is 4.16. The van der Waals surface area contributed by atoms with Gasteiger partial charge in [-0.25, -0.2) is 8.60 Å². The Bertz CT molecular complexity index is 608. The zero-order valence-electron chi connectivity index (χ0n) is 9.45. The molecule has 0 saturated heterocycles. The van der Waals surface area contributed by atoms with Crippen molar-refractivity contribution in [1.82, 2.24) is 0 Å². The predicted molar refractivity (Wildman–Crippen MR) is 62.2 cm³/mol. The van der Waals surface area contributed by atoms with Gasteiger partial charge in [-0.05, 0) is 12.1 Å². The van der Waals surface area contributed by atoms with E-state index in [1.165, 1.54) is 24.3 Å². The molecule has 0 spiro atoms. The Morgan fingerprint density at radius 1 is 1.37 bits per heavy atom. The molecule has 0 heterocycles. The van der Waals surface area contributed by atoms with E-state index in [9.17, 15) is 26.6 Å². The molecule has 3 nitrogen and oxygen atoms in total. The second kappa shape index (κ2) is 5.46. The SMILES string of the molecule is CS(=O)(=NC(=O)C(F)C(F)(F)F)c1ccccc1Cl. The number of hydrogen-bond donors (Lipinski definition) is 0. The van der Waals surface area contributed by atoms with Gasteiger partial charge in [-0.2, -0.15) is 17.5 Å². The fraction of sp³-hybridized carbons (Fsp3) is 0.300. The molecule has 0 bridgehead atoms. The fourth-order valence-electron chi connectivity index (χ4n) is 1.16. The maximum Gasteiger partial charge on any atom is 0.428 e. The van der Waals surface area contributed by atoms with Gasteiger partial charge in [-0.1, -0.05) is 23.7 Å². The highest BCUT2D eigenvalue weighted by molar-refractivity contribution is 7.93. The van der Waals surface area contributed by atoms with Crippen LogP contribution in [0.25, 0.3) is 0 Å².